The Bertz CT molecular complexity index is 520. The van der Waals surface area contributed by atoms with E-state index in [1.54, 1.807) is 26.2 Å². The maximum atomic E-state index is 13.4. The lowest BCUT2D eigenvalue weighted by molar-refractivity contribution is 0.428. The van der Waals surface area contributed by atoms with Gasteiger partial charge in [-0.25, -0.2) is 8.78 Å². The molecule has 0 spiro atoms. The van der Waals surface area contributed by atoms with Crippen LogP contribution in [0.4, 0.5) is 8.78 Å². The molecule has 2 rings (SSSR count). The van der Waals surface area contributed by atoms with Crippen LogP contribution in [0.1, 0.15) is 23.2 Å². The van der Waals surface area contributed by atoms with E-state index in [-0.39, 0.29) is 23.7 Å². The molecule has 0 amide bonds. The summed E-state index contributed by atoms with van der Waals surface area (Å²) in [4.78, 5) is 0. The number of hydrogen-bond donors (Lipinski definition) is 2. The van der Waals surface area contributed by atoms with E-state index in [0.29, 0.717) is 0 Å². The van der Waals surface area contributed by atoms with Gasteiger partial charge < -0.3 is 10.6 Å². The van der Waals surface area contributed by atoms with Gasteiger partial charge in [-0.1, -0.05) is 24.3 Å². The van der Waals surface area contributed by atoms with E-state index in [2.05, 4.69) is 10.6 Å². The Morgan fingerprint density at radius 3 is 1.45 bits per heavy atom. The molecule has 2 atom stereocenters. The first-order valence-electron chi connectivity index (χ1n) is 6.51. The average Bonchev–Trinajstić information content (AvgIpc) is 2.44. The van der Waals surface area contributed by atoms with Gasteiger partial charge in [-0.05, 0) is 49.5 Å². The predicted octanol–water partition coefficient (Wildman–Crippen LogP) is 3.19. The Labute approximate surface area is 117 Å². The molecule has 0 aliphatic heterocycles. The van der Waals surface area contributed by atoms with E-state index in [1.807, 2.05) is 12.1 Å². The van der Waals surface area contributed by atoms with Gasteiger partial charge in [-0.15, -0.1) is 0 Å². The Morgan fingerprint density at radius 1 is 0.750 bits per heavy atom. The van der Waals surface area contributed by atoms with Crippen molar-refractivity contribution in [3.8, 4) is 0 Å². The minimum atomic E-state index is -0.281. The third-order valence-electron chi connectivity index (χ3n) is 3.37. The van der Waals surface area contributed by atoms with Gasteiger partial charge in [0.2, 0.25) is 0 Å². The molecule has 4 heteroatoms. The normalized spacial score (nSPS) is 14.0. The molecule has 2 nitrogen and oxygen atoms in total. The van der Waals surface area contributed by atoms with Crippen molar-refractivity contribution in [3.63, 3.8) is 0 Å². The van der Waals surface area contributed by atoms with Gasteiger partial charge in [0.05, 0.1) is 12.1 Å². The van der Waals surface area contributed by atoms with Gasteiger partial charge in [-0.3, -0.25) is 0 Å². The lowest BCUT2D eigenvalue weighted by Crippen LogP contribution is -2.32. The fraction of sp³-hybridized carbons (Fsp3) is 0.250. The van der Waals surface area contributed by atoms with E-state index in [1.165, 1.54) is 24.3 Å². The lowest BCUT2D eigenvalue weighted by Gasteiger charge is -2.27. The minimum Gasteiger partial charge on any atom is -0.311 e. The first kappa shape index (κ1) is 14.6. The van der Waals surface area contributed by atoms with Crippen LogP contribution in [0.5, 0.6) is 0 Å². The first-order valence-corrected chi connectivity index (χ1v) is 6.51. The van der Waals surface area contributed by atoms with E-state index >= 15 is 0 Å². The maximum absolute atomic E-state index is 13.4. The smallest absolute Gasteiger partial charge is 0.123 e. The molecule has 20 heavy (non-hydrogen) atoms. The third-order valence-corrected chi connectivity index (χ3v) is 3.37. The molecule has 0 fully saturated rings. The summed E-state index contributed by atoms with van der Waals surface area (Å²) in [5.74, 6) is -0.561. The van der Waals surface area contributed by atoms with E-state index in [4.69, 9.17) is 0 Å². The van der Waals surface area contributed by atoms with Crippen molar-refractivity contribution in [1.82, 2.24) is 10.6 Å². The third kappa shape index (κ3) is 3.21. The topological polar surface area (TPSA) is 24.1 Å². The fourth-order valence-electron chi connectivity index (χ4n) is 2.45. The monoisotopic (exact) mass is 276 g/mol. The highest BCUT2D eigenvalue weighted by molar-refractivity contribution is 5.28. The van der Waals surface area contributed by atoms with Gasteiger partial charge in [0.1, 0.15) is 11.6 Å². The Kier molecular flexibility index (Phi) is 4.82. The Morgan fingerprint density at radius 2 is 1.15 bits per heavy atom. The molecule has 106 valence electrons. The number of rotatable bonds is 5. The lowest BCUT2D eigenvalue weighted by atomic mass is 9.93. The molecule has 2 aromatic carbocycles. The highest BCUT2D eigenvalue weighted by atomic mass is 19.1. The minimum absolute atomic E-state index is 0.155. The Hall–Kier alpha value is -1.78. The van der Waals surface area contributed by atoms with Crippen molar-refractivity contribution in [2.75, 3.05) is 14.1 Å². The quantitative estimate of drug-likeness (QED) is 0.876. The number of nitrogens with one attached hydrogen (secondary N) is 2. The summed E-state index contributed by atoms with van der Waals surface area (Å²) >= 11 is 0. The van der Waals surface area contributed by atoms with E-state index in [0.717, 1.165) is 11.1 Å². The standard InChI is InChI=1S/C16H18F2N2/c1-19-15(11-5-3-7-13(17)9-11)16(20-2)12-6-4-8-14(18)10-12/h3-10,15-16,19-20H,1-2H3/t15-,16?/m1/s1. The van der Waals surface area contributed by atoms with Gasteiger partial charge in [0.15, 0.2) is 0 Å². The number of likely N-dealkylation sites (N-methyl/N-ethyl adjacent to an activating group) is 2. The van der Waals surface area contributed by atoms with Gasteiger partial charge in [-0.2, -0.15) is 0 Å². The second kappa shape index (κ2) is 6.59. The molecular weight excluding hydrogens is 258 g/mol. The molecule has 2 aromatic rings. The number of benzene rings is 2. The Balaban J connectivity index is 2.37. The largest absolute Gasteiger partial charge is 0.311 e. The predicted molar refractivity (Wildman–Crippen MR) is 76.4 cm³/mol. The van der Waals surface area contributed by atoms with Crippen LogP contribution < -0.4 is 10.6 Å². The molecular formula is C16H18F2N2. The number of hydrogen-bond acceptors (Lipinski definition) is 2. The highest BCUT2D eigenvalue weighted by Gasteiger charge is 2.22. The van der Waals surface area contributed by atoms with Crippen LogP contribution in [-0.4, -0.2) is 14.1 Å². The molecule has 0 bridgehead atoms. The molecule has 0 aliphatic carbocycles. The van der Waals surface area contributed by atoms with Crippen LogP contribution in [0.3, 0.4) is 0 Å². The molecule has 0 saturated heterocycles. The zero-order chi connectivity index (χ0) is 14.5. The molecule has 0 saturated carbocycles. The van der Waals surface area contributed by atoms with Crippen molar-refractivity contribution >= 4 is 0 Å². The second-order valence-electron chi connectivity index (χ2n) is 4.64. The van der Waals surface area contributed by atoms with Crippen LogP contribution in [0, 0.1) is 11.6 Å². The first-order chi connectivity index (χ1) is 9.65. The summed E-state index contributed by atoms with van der Waals surface area (Å²) in [5, 5.41) is 6.33. The summed E-state index contributed by atoms with van der Waals surface area (Å²) < 4.78 is 26.8. The van der Waals surface area contributed by atoms with Gasteiger partial charge in [0.25, 0.3) is 0 Å². The molecule has 1 unspecified atom stereocenters. The van der Waals surface area contributed by atoms with Crippen LogP contribution >= 0.6 is 0 Å². The van der Waals surface area contributed by atoms with Gasteiger partial charge >= 0.3 is 0 Å². The summed E-state index contributed by atoms with van der Waals surface area (Å²) in [7, 11) is 3.61. The van der Waals surface area contributed by atoms with Crippen molar-refractivity contribution < 1.29 is 8.78 Å². The fourth-order valence-corrected chi connectivity index (χ4v) is 2.45. The summed E-state index contributed by atoms with van der Waals surface area (Å²) in [6, 6.07) is 12.5. The van der Waals surface area contributed by atoms with Crippen molar-refractivity contribution in [1.29, 1.82) is 0 Å². The van der Waals surface area contributed by atoms with Crippen LogP contribution in [0.2, 0.25) is 0 Å². The molecule has 0 heterocycles. The summed E-state index contributed by atoms with van der Waals surface area (Å²) in [5.41, 5.74) is 1.63. The number of halogens is 2. The van der Waals surface area contributed by atoms with E-state index in [9.17, 15) is 8.78 Å². The maximum Gasteiger partial charge on any atom is 0.123 e. The molecule has 2 N–H and O–H groups in total. The summed E-state index contributed by atoms with van der Waals surface area (Å²) in [6.45, 7) is 0. The van der Waals surface area contributed by atoms with Crippen LogP contribution in [0.25, 0.3) is 0 Å². The summed E-state index contributed by atoms with van der Waals surface area (Å²) in [6.07, 6.45) is 0. The van der Waals surface area contributed by atoms with Crippen molar-refractivity contribution in [3.05, 3.63) is 71.3 Å². The van der Waals surface area contributed by atoms with Crippen molar-refractivity contribution in [2.24, 2.45) is 0 Å². The zero-order valence-electron chi connectivity index (χ0n) is 11.5. The second-order valence-corrected chi connectivity index (χ2v) is 4.64. The molecule has 0 aliphatic rings. The molecule has 0 radical (unpaired) electrons. The highest BCUT2D eigenvalue weighted by Crippen LogP contribution is 2.29. The molecule has 0 aromatic heterocycles. The van der Waals surface area contributed by atoms with Crippen LogP contribution in [0.15, 0.2) is 48.5 Å². The van der Waals surface area contributed by atoms with Crippen LogP contribution in [-0.2, 0) is 0 Å². The SMILES string of the molecule is CNC(c1cccc(F)c1)[C@H](NC)c1cccc(F)c1. The van der Waals surface area contributed by atoms with Crippen molar-refractivity contribution in [2.45, 2.75) is 12.1 Å². The van der Waals surface area contributed by atoms with Gasteiger partial charge in [0, 0.05) is 0 Å². The van der Waals surface area contributed by atoms with E-state index < -0.39 is 0 Å². The average molecular weight is 276 g/mol. The zero-order valence-corrected chi connectivity index (χ0v) is 11.5.